The van der Waals surface area contributed by atoms with Gasteiger partial charge in [-0.05, 0) is 18.3 Å². The Labute approximate surface area is 61.8 Å². The number of carbonyl (C=O) groups excluding carboxylic acids is 1. The summed E-state index contributed by atoms with van der Waals surface area (Å²) < 4.78 is 0. The Morgan fingerprint density at radius 2 is 1.70 bits per heavy atom. The summed E-state index contributed by atoms with van der Waals surface area (Å²) in [6, 6.07) is 0. The van der Waals surface area contributed by atoms with Gasteiger partial charge in [-0.15, -0.1) is 0 Å². The van der Waals surface area contributed by atoms with Crippen LogP contribution in [0.5, 0.6) is 0 Å². The normalized spacial score (nSPS) is 39.8. The summed E-state index contributed by atoms with van der Waals surface area (Å²) in [6.45, 7) is 0. The number of rotatable bonds is 0. The highest BCUT2D eigenvalue weighted by Crippen LogP contribution is 2.37. The van der Waals surface area contributed by atoms with Gasteiger partial charge in [0.15, 0.2) is 0 Å². The lowest BCUT2D eigenvalue weighted by atomic mass is 9.72. The van der Waals surface area contributed by atoms with Crippen molar-refractivity contribution in [2.24, 2.45) is 11.8 Å². The molecule has 0 radical (unpaired) electrons. The van der Waals surface area contributed by atoms with Crippen molar-refractivity contribution in [1.82, 2.24) is 0 Å². The largest absolute Gasteiger partial charge is 0.300 e. The Hall–Kier alpha value is -0.330. The Balaban J connectivity index is 2.05. The second-order valence-corrected chi connectivity index (χ2v) is 3.85. The fraction of sp³-hybridized carbons (Fsp3) is 0.889. The Morgan fingerprint density at radius 1 is 1.10 bits per heavy atom. The van der Waals surface area contributed by atoms with E-state index in [1.54, 1.807) is 0 Å². The van der Waals surface area contributed by atoms with Crippen LogP contribution in [0.15, 0.2) is 0 Å². The summed E-state index contributed by atoms with van der Waals surface area (Å²) in [5.74, 6) is 2.08. The van der Waals surface area contributed by atoms with E-state index in [4.69, 9.17) is 0 Å². The molecular weight excluding hydrogens is 124 g/mol. The molecule has 0 saturated heterocycles. The zero-order chi connectivity index (χ0) is 6.97. The van der Waals surface area contributed by atoms with Gasteiger partial charge < -0.3 is 0 Å². The van der Waals surface area contributed by atoms with Crippen molar-refractivity contribution in [2.75, 3.05) is 0 Å². The van der Waals surface area contributed by atoms with Crippen molar-refractivity contribution in [3.05, 3.63) is 0 Å². The van der Waals surface area contributed by atoms with Gasteiger partial charge in [0, 0.05) is 12.8 Å². The first-order chi connectivity index (χ1) is 4.84. The van der Waals surface area contributed by atoms with Crippen molar-refractivity contribution < 1.29 is 4.79 Å². The number of Topliss-reactive ketones (excluding diaryl/α,β-unsaturated/α-hetero) is 1. The molecule has 0 aromatic heterocycles. The lowest BCUT2D eigenvalue weighted by Gasteiger charge is -2.32. The van der Waals surface area contributed by atoms with E-state index in [9.17, 15) is 4.79 Å². The molecule has 2 fully saturated rings. The monoisotopic (exact) mass is 138 g/mol. The molecule has 2 aliphatic rings. The molecule has 0 aromatic rings. The standard InChI is InChI=1S/C9H14O/c10-9-5-7-2-1-3-8(4-7)6-9/h7-8H,1-6H2/t7-,8-/m0/s1. The van der Waals surface area contributed by atoms with Crippen molar-refractivity contribution in [1.29, 1.82) is 0 Å². The highest BCUT2D eigenvalue weighted by Gasteiger charge is 2.29. The summed E-state index contributed by atoms with van der Waals surface area (Å²) >= 11 is 0. The third-order valence-corrected chi connectivity index (χ3v) is 2.92. The minimum Gasteiger partial charge on any atom is -0.300 e. The maximum absolute atomic E-state index is 11.1. The second-order valence-electron chi connectivity index (χ2n) is 3.85. The van der Waals surface area contributed by atoms with E-state index < -0.39 is 0 Å². The summed E-state index contributed by atoms with van der Waals surface area (Å²) in [7, 11) is 0. The maximum atomic E-state index is 11.1. The van der Waals surface area contributed by atoms with Crippen LogP contribution in [0.25, 0.3) is 0 Å². The molecule has 0 aliphatic heterocycles. The fourth-order valence-corrected chi connectivity index (χ4v) is 2.50. The van der Waals surface area contributed by atoms with Crippen LogP contribution < -0.4 is 0 Å². The zero-order valence-corrected chi connectivity index (χ0v) is 6.31. The predicted molar refractivity (Wildman–Crippen MR) is 39.7 cm³/mol. The molecule has 0 heterocycles. The van der Waals surface area contributed by atoms with E-state index in [0.29, 0.717) is 5.78 Å². The average Bonchev–Trinajstić information content (AvgIpc) is 1.85. The third kappa shape index (κ3) is 1.09. The maximum Gasteiger partial charge on any atom is 0.133 e. The Bertz CT molecular complexity index is 137. The number of hydrogen-bond donors (Lipinski definition) is 0. The Kier molecular flexibility index (Phi) is 1.51. The minimum absolute atomic E-state index is 0.529. The molecule has 0 unspecified atom stereocenters. The van der Waals surface area contributed by atoms with Gasteiger partial charge in [-0.3, -0.25) is 4.79 Å². The van der Waals surface area contributed by atoms with Gasteiger partial charge in [0.05, 0.1) is 0 Å². The molecule has 2 saturated carbocycles. The predicted octanol–water partition coefficient (Wildman–Crippen LogP) is 2.16. The topological polar surface area (TPSA) is 17.1 Å². The number of ketones is 1. The van der Waals surface area contributed by atoms with E-state index in [0.717, 1.165) is 24.7 Å². The minimum atomic E-state index is 0.529. The average molecular weight is 138 g/mol. The highest BCUT2D eigenvalue weighted by atomic mass is 16.1. The smallest absolute Gasteiger partial charge is 0.133 e. The molecule has 10 heavy (non-hydrogen) atoms. The molecule has 1 nitrogen and oxygen atoms in total. The van der Waals surface area contributed by atoms with Crippen LogP contribution >= 0.6 is 0 Å². The van der Waals surface area contributed by atoms with E-state index in [1.807, 2.05) is 0 Å². The summed E-state index contributed by atoms with van der Waals surface area (Å²) in [4.78, 5) is 11.1. The van der Waals surface area contributed by atoms with Gasteiger partial charge in [0.2, 0.25) is 0 Å². The van der Waals surface area contributed by atoms with Crippen LogP contribution in [-0.4, -0.2) is 5.78 Å². The van der Waals surface area contributed by atoms with Crippen molar-refractivity contribution in [2.45, 2.75) is 38.5 Å². The van der Waals surface area contributed by atoms with E-state index in [-0.39, 0.29) is 0 Å². The molecule has 0 amide bonds. The lowest BCUT2D eigenvalue weighted by molar-refractivity contribution is -0.123. The number of hydrogen-bond acceptors (Lipinski definition) is 1. The van der Waals surface area contributed by atoms with Crippen LogP contribution in [0.1, 0.15) is 38.5 Å². The van der Waals surface area contributed by atoms with Crippen LogP contribution in [0, 0.1) is 11.8 Å². The summed E-state index contributed by atoms with van der Waals surface area (Å²) in [6.07, 6.45) is 7.17. The number of fused-ring (bicyclic) bond motifs is 2. The molecule has 2 atom stereocenters. The molecule has 56 valence electrons. The van der Waals surface area contributed by atoms with E-state index in [2.05, 4.69) is 0 Å². The van der Waals surface area contributed by atoms with Gasteiger partial charge in [-0.2, -0.15) is 0 Å². The van der Waals surface area contributed by atoms with Gasteiger partial charge in [0.25, 0.3) is 0 Å². The van der Waals surface area contributed by atoms with Crippen LogP contribution in [0.3, 0.4) is 0 Å². The first kappa shape index (κ1) is 6.38. The quantitative estimate of drug-likeness (QED) is 0.501. The zero-order valence-electron chi connectivity index (χ0n) is 6.31. The van der Waals surface area contributed by atoms with Crippen molar-refractivity contribution in [3.63, 3.8) is 0 Å². The SMILES string of the molecule is O=C1C[C@H]2CCC[C@H](C1)C2. The van der Waals surface area contributed by atoms with E-state index in [1.165, 1.54) is 25.7 Å². The highest BCUT2D eigenvalue weighted by molar-refractivity contribution is 5.79. The van der Waals surface area contributed by atoms with Gasteiger partial charge >= 0.3 is 0 Å². The van der Waals surface area contributed by atoms with E-state index >= 15 is 0 Å². The molecular formula is C9H14O. The Morgan fingerprint density at radius 3 is 2.30 bits per heavy atom. The molecule has 2 aliphatic carbocycles. The summed E-state index contributed by atoms with van der Waals surface area (Å²) in [5, 5.41) is 0. The van der Waals surface area contributed by atoms with Gasteiger partial charge in [0.1, 0.15) is 5.78 Å². The van der Waals surface area contributed by atoms with Gasteiger partial charge in [-0.25, -0.2) is 0 Å². The first-order valence-electron chi connectivity index (χ1n) is 4.36. The molecule has 0 spiro atoms. The second kappa shape index (κ2) is 2.37. The van der Waals surface area contributed by atoms with Crippen molar-refractivity contribution >= 4 is 5.78 Å². The first-order valence-corrected chi connectivity index (χ1v) is 4.36. The molecule has 2 bridgehead atoms. The lowest BCUT2D eigenvalue weighted by Crippen LogP contribution is -2.26. The van der Waals surface area contributed by atoms with Crippen LogP contribution in [-0.2, 0) is 4.79 Å². The molecule has 1 heteroatoms. The van der Waals surface area contributed by atoms with Crippen molar-refractivity contribution in [3.8, 4) is 0 Å². The third-order valence-electron chi connectivity index (χ3n) is 2.92. The molecule has 0 N–H and O–H groups in total. The van der Waals surface area contributed by atoms with Crippen LogP contribution in [0.4, 0.5) is 0 Å². The molecule has 2 rings (SSSR count). The fourth-order valence-electron chi connectivity index (χ4n) is 2.50. The van der Waals surface area contributed by atoms with Crippen LogP contribution in [0.2, 0.25) is 0 Å². The van der Waals surface area contributed by atoms with Gasteiger partial charge in [-0.1, -0.05) is 19.3 Å². The summed E-state index contributed by atoms with van der Waals surface area (Å²) in [5.41, 5.74) is 0. The molecule has 0 aromatic carbocycles. The number of carbonyl (C=O) groups is 1.